The summed E-state index contributed by atoms with van der Waals surface area (Å²) in [5.74, 6) is 0.795. The summed E-state index contributed by atoms with van der Waals surface area (Å²) in [6, 6.07) is 96.5. The van der Waals surface area contributed by atoms with E-state index in [4.69, 9.17) is 23.4 Å². The summed E-state index contributed by atoms with van der Waals surface area (Å²) in [4.78, 5) is 4.82. The van der Waals surface area contributed by atoms with Crippen LogP contribution >= 0.6 is 0 Å². The fraction of sp³-hybridized carbons (Fsp3) is 0.0714. The number of para-hydroxylation sites is 1. The van der Waals surface area contributed by atoms with Gasteiger partial charge >= 0.3 is 0 Å². The molecule has 0 aliphatic rings. The van der Waals surface area contributed by atoms with Crippen molar-refractivity contribution in [1.82, 2.24) is 14.1 Å². The van der Waals surface area contributed by atoms with E-state index in [0.29, 0.717) is 28.2 Å². The van der Waals surface area contributed by atoms with Gasteiger partial charge in [-0.1, -0.05) is 269 Å². The zero-order chi connectivity index (χ0) is 69.4. The third-order valence-electron chi connectivity index (χ3n) is 17.1. The Morgan fingerprint density at radius 2 is 1.08 bits per heavy atom. The molecule has 0 spiro atoms. The zero-order valence-corrected chi connectivity index (χ0v) is 53.3. The van der Waals surface area contributed by atoms with E-state index >= 15 is 0 Å². The van der Waals surface area contributed by atoms with Crippen molar-refractivity contribution in [2.45, 2.75) is 39.9 Å². The molecule has 0 fully saturated rings. The van der Waals surface area contributed by atoms with Crippen LogP contribution in [0.3, 0.4) is 0 Å². The van der Waals surface area contributed by atoms with E-state index in [-0.39, 0.29) is 43.4 Å². The number of fused-ring (bicyclic) bond motifs is 4. The van der Waals surface area contributed by atoms with E-state index in [1.165, 1.54) is 33.0 Å². The molecule has 12 aromatic carbocycles. The third-order valence-corrected chi connectivity index (χ3v) is 21.9. The standard InChI is InChI=1S/C84H64N4OSi.Pt/c1-58-26-21-22-41-72(58)76-56-85-82(50-59(76)2)88-78-48-44-62(60-27-11-6-12-28-60)52-75(78)74-47-46-67(55-80(74)88)89-66-33-24-32-65(54-66)86-57-87(79-49-45-63(53-81(79)86)61-29-13-7-14-30-61)83-73(42-25-43-77(83)84(3,4)5)64-31-23-40-71(51-64)90(68-34-15-8-16-35-68,69-36-17-9-18-37-69)70-38-19-10-20-39-70;/h6-53,56H,1-5H3;/q-2;/i1D3,2D3,21D,22D,26D,41D;. The molecule has 7 heteroatoms. The van der Waals surface area contributed by atoms with Crippen LogP contribution in [0.5, 0.6) is 11.5 Å². The molecule has 0 saturated carbocycles. The summed E-state index contributed by atoms with van der Waals surface area (Å²) < 4.78 is 99.2. The van der Waals surface area contributed by atoms with E-state index in [1.54, 1.807) is 4.57 Å². The van der Waals surface area contributed by atoms with Gasteiger partial charge in [0.25, 0.3) is 6.33 Å². The Morgan fingerprint density at radius 3 is 1.75 bits per heavy atom. The third kappa shape index (κ3) is 10.7. The minimum absolute atomic E-state index is 0. The molecular formula is C84H64N4OPtSi-2. The molecule has 0 saturated heterocycles. The quantitative estimate of drug-likeness (QED) is 0.0499. The molecular weight excluding hydrogens is 1300 g/mol. The molecule has 0 atom stereocenters. The average Bonchev–Trinajstić information content (AvgIpc) is 1.42. The van der Waals surface area contributed by atoms with Gasteiger partial charge < -0.3 is 13.9 Å². The van der Waals surface area contributed by atoms with Gasteiger partial charge in [-0.25, -0.2) is 4.98 Å². The smallest absolute Gasteiger partial charge is 0.268 e. The topological polar surface area (TPSA) is 35.9 Å². The van der Waals surface area contributed by atoms with Crippen molar-refractivity contribution in [1.29, 1.82) is 0 Å². The number of hydrogen-bond acceptors (Lipinski definition) is 2. The van der Waals surface area contributed by atoms with Gasteiger partial charge in [-0.05, 0) is 125 Å². The van der Waals surface area contributed by atoms with Crippen LogP contribution in [0.1, 0.15) is 51.2 Å². The van der Waals surface area contributed by atoms with Crippen molar-refractivity contribution >= 4 is 61.7 Å². The maximum atomic E-state index is 8.95. The summed E-state index contributed by atoms with van der Waals surface area (Å²) in [6.45, 7) is 0.781. The van der Waals surface area contributed by atoms with E-state index < -0.39 is 57.1 Å². The van der Waals surface area contributed by atoms with Crippen LogP contribution < -0.4 is 30.1 Å². The molecule has 0 unspecified atom stereocenters. The van der Waals surface area contributed by atoms with Gasteiger partial charge in [-0.15, -0.1) is 29.7 Å². The predicted molar refractivity (Wildman–Crippen MR) is 373 cm³/mol. The van der Waals surface area contributed by atoms with Crippen molar-refractivity contribution in [2.75, 3.05) is 0 Å². The normalized spacial score (nSPS) is 13.6. The van der Waals surface area contributed by atoms with Crippen LogP contribution in [0, 0.1) is 32.2 Å². The molecule has 0 N–H and O–H groups in total. The second-order valence-corrected chi connectivity index (χ2v) is 27.4. The number of aromatic nitrogens is 4. The first-order valence-electron chi connectivity index (χ1n) is 35.0. The number of aryl methyl sites for hydroxylation is 1. The first kappa shape index (κ1) is 47.7. The molecule has 0 aliphatic carbocycles. The number of imidazole rings is 1. The molecule has 442 valence electrons. The minimum atomic E-state index is -3.05. The van der Waals surface area contributed by atoms with Gasteiger partial charge in [0.2, 0.25) is 0 Å². The number of ether oxygens (including phenoxy) is 1. The van der Waals surface area contributed by atoms with E-state index in [2.05, 4.69) is 214 Å². The zero-order valence-electron chi connectivity index (χ0n) is 60.0. The predicted octanol–water partition coefficient (Wildman–Crippen LogP) is 17.5. The first-order valence-corrected chi connectivity index (χ1v) is 32.0. The summed E-state index contributed by atoms with van der Waals surface area (Å²) in [7, 11) is -2.95. The molecule has 0 aliphatic heterocycles. The molecule has 0 bridgehead atoms. The van der Waals surface area contributed by atoms with Crippen LogP contribution in [0.2, 0.25) is 0 Å². The van der Waals surface area contributed by atoms with Crippen LogP contribution in [-0.4, -0.2) is 22.2 Å². The molecule has 91 heavy (non-hydrogen) atoms. The SMILES string of the molecule is [2H]c1c([2H])c([2H])c(C([2H])([2H])[2H])c(-c2cnc(-n3c4[c-]c(Oc5[c-]c(-n6[c-][n+](-c7c(-c8cccc([Si](c9ccccc9)(c9ccccc9)c9ccccc9)c8)cccc7C(C)(C)C)c7ccc(-c8ccccc8)cc76)ccc5)ccc4c4cc(-c5ccccc5)ccc43)cc2C([2H])([2H])[2H])c1[2H].[Pt]. The van der Waals surface area contributed by atoms with E-state index in [9.17, 15) is 0 Å². The average molecular weight is 1380 g/mol. The Balaban J connectivity index is 0.00000866. The van der Waals surface area contributed by atoms with Crippen LogP contribution in [-0.2, 0) is 26.5 Å². The van der Waals surface area contributed by atoms with Crippen molar-refractivity contribution < 1.29 is 44.1 Å². The Morgan fingerprint density at radius 1 is 0.484 bits per heavy atom. The van der Waals surface area contributed by atoms with Crippen molar-refractivity contribution in [3.63, 3.8) is 0 Å². The maximum Gasteiger partial charge on any atom is 0.268 e. The van der Waals surface area contributed by atoms with Gasteiger partial charge in [-0.3, -0.25) is 4.57 Å². The van der Waals surface area contributed by atoms with E-state index in [0.717, 1.165) is 66.4 Å². The molecule has 3 heterocycles. The molecule has 3 aromatic heterocycles. The molecule has 15 rings (SSSR count). The number of rotatable bonds is 13. The summed E-state index contributed by atoms with van der Waals surface area (Å²) >= 11 is 0. The largest absolute Gasteiger partial charge is 0.510 e. The van der Waals surface area contributed by atoms with Crippen LogP contribution in [0.4, 0.5) is 0 Å². The number of pyridine rings is 1. The second kappa shape index (κ2) is 24.3. The van der Waals surface area contributed by atoms with Crippen molar-refractivity contribution in [2.24, 2.45) is 0 Å². The Labute approximate surface area is 562 Å². The molecule has 0 amide bonds. The van der Waals surface area contributed by atoms with Crippen LogP contribution in [0.15, 0.2) is 297 Å². The summed E-state index contributed by atoms with van der Waals surface area (Å²) in [5, 5.41) is 6.62. The molecule has 5 nitrogen and oxygen atoms in total. The van der Waals surface area contributed by atoms with Gasteiger partial charge in [0.1, 0.15) is 5.82 Å². The Bertz CT molecular complexity index is 5550. The minimum Gasteiger partial charge on any atom is -0.510 e. The van der Waals surface area contributed by atoms with Crippen LogP contribution in [0.25, 0.3) is 94.5 Å². The summed E-state index contributed by atoms with van der Waals surface area (Å²) in [5.41, 5.74) is 9.58. The second-order valence-electron chi connectivity index (χ2n) is 23.6. The monoisotopic (exact) mass is 1380 g/mol. The van der Waals surface area contributed by atoms with Gasteiger partial charge in [0.15, 0.2) is 8.07 Å². The number of hydrogen-bond donors (Lipinski definition) is 0. The van der Waals surface area contributed by atoms with Crippen molar-refractivity contribution in [3.05, 3.63) is 332 Å². The fourth-order valence-electron chi connectivity index (χ4n) is 12.9. The summed E-state index contributed by atoms with van der Waals surface area (Å²) in [6.07, 6.45) is 5.09. The Kier molecular flexibility index (Phi) is 12.7. The maximum absolute atomic E-state index is 8.95. The van der Waals surface area contributed by atoms with Crippen molar-refractivity contribution in [3.8, 4) is 73.2 Å². The van der Waals surface area contributed by atoms with Gasteiger partial charge in [0, 0.05) is 58.1 Å². The van der Waals surface area contributed by atoms with Gasteiger partial charge in [-0.2, -0.15) is 18.2 Å². The fourth-order valence-corrected chi connectivity index (χ4v) is 17.7. The number of nitrogens with zero attached hydrogens (tertiary/aromatic N) is 4. The van der Waals surface area contributed by atoms with E-state index in [1.807, 2.05) is 95.6 Å². The van der Waals surface area contributed by atoms with Gasteiger partial charge in [0.05, 0.1) is 22.2 Å². The first-order chi connectivity index (χ1) is 48.2. The molecule has 0 radical (unpaired) electrons. The Hall–Kier alpha value is -10.2. The molecule has 15 aromatic rings. The number of benzene rings is 12.